The van der Waals surface area contributed by atoms with E-state index >= 15 is 0 Å². The second-order valence-electron chi connectivity index (χ2n) is 4.54. The van der Waals surface area contributed by atoms with E-state index in [9.17, 15) is 4.79 Å². The second kappa shape index (κ2) is 5.50. The van der Waals surface area contributed by atoms with Crippen LogP contribution < -0.4 is 10.6 Å². The van der Waals surface area contributed by atoms with Gasteiger partial charge in [0.15, 0.2) is 0 Å². The number of rotatable bonds is 3. The van der Waals surface area contributed by atoms with Gasteiger partial charge in [-0.2, -0.15) is 0 Å². The fourth-order valence-electron chi connectivity index (χ4n) is 2.38. The number of fused-ring (bicyclic) bond motifs is 1. The highest BCUT2D eigenvalue weighted by molar-refractivity contribution is 7.07. The summed E-state index contributed by atoms with van der Waals surface area (Å²) in [6.07, 6.45) is 1.05. The van der Waals surface area contributed by atoms with Crippen LogP contribution in [0.2, 0.25) is 0 Å². The van der Waals surface area contributed by atoms with E-state index in [1.807, 2.05) is 6.07 Å². The van der Waals surface area contributed by atoms with Crippen molar-refractivity contribution in [3.05, 3.63) is 52.0 Å². The normalized spacial score (nSPS) is 17.8. The molecule has 1 aliphatic heterocycles. The zero-order valence-electron chi connectivity index (χ0n) is 10.4. The van der Waals surface area contributed by atoms with Crippen LogP contribution in [0.3, 0.4) is 0 Å². The van der Waals surface area contributed by atoms with Crippen molar-refractivity contribution in [3.8, 4) is 0 Å². The molecule has 0 saturated heterocycles. The summed E-state index contributed by atoms with van der Waals surface area (Å²) in [5.41, 5.74) is 4.82. The quantitative estimate of drug-likeness (QED) is 0.896. The lowest BCUT2D eigenvalue weighted by Crippen LogP contribution is -2.38. The van der Waals surface area contributed by atoms with Crippen LogP contribution >= 0.6 is 11.3 Å². The summed E-state index contributed by atoms with van der Waals surface area (Å²) in [5.74, 6) is -0.105. The van der Waals surface area contributed by atoms with Gasteiger partial charge in [-0.25, -0.2) is 4.98 Å². The van der Waals surface area contributed by atoms with Crippen LogP contribution in [-0.4, -0.2) is 24.0 Å². The Hall–Kier alpha value is -1.72. The zero-order chi connectivity index (χ0) is 13.1. The topological polar surface area (TPSA) is 54.0 Å². The van der Waals surface area contributed by atoms with E-state index in [2.05, 4.69) is 33.8 Å². The fourth-order valence-corrected chi connectivity index (χ4v) is 2.92. The Balaban J connectivity index is 1.67. The third-order valence-corrected chi connectivity index (χ3v) is 3.93. The summed E-state index contributed by atoms with van der Waals surface area (Å²) in [6.45, 7) is 1.54. The van der Waals surface area contributed by atoms with Crippen LogP contribution in [0, 0.1) is 0 Å². The molecule has 1 aliphatic rings. The van der Waals surface area contributed by atoms with Crippen molar-refractivity contribution in [2.75, 3.05) is 13.1 Å². The number of aromatic nitrogens is 1. The Morgan fingerprint density at radius 1 is 1.47 bits per heavy atom. The Labute approximate surface area is 115 Å². The van der Waals surface area contributed by atoms with Crippen molar-refractivity contribution in [2.45, 2.75) is 12.5 Å². The number of carbonyl (C=O) groups excluding carboxylic acids is 1. The van der Waals surface area contributed by atoms with Gasteiger partial charge < -0.3 is 10.6 Å². The number of amides is 1. The number of benzene rings is 1. The first-order chi connectivity index (χ1) is 9.34. The number of nitrogens with zero attached hydrogens (tertiary/aromatic N) is 1. The van der Waals surface area contributed by atoms with Gasteiger partial charge in [0.05, 0.1) is 5.51 Å². The minimum absolute atomic E-state index is 0.105. The average Bonchev–Trinajstić information content (AvgIpc) is 2.99. The molecule has 1 aromatic heterocycles. The SMILES string of the molecule is O=C(NCC1NCCc2ccccc21)c1cscn1. The highest BCUT2D eigenvalue weighted by atomic mass is 32.1. The fraction of sp³-hybridized carbons (Fsp3) is 0.286. The number of nitrogens with one attached hydrogen (secondary N) is 2. The molecule has 3 rings (SSSR count). The van der Waals surface area contributed by atoms with Gasteiger partial charge in [-0.3, -0.25) is 4.79 Å². The molecule has 0 fully saturated rings. The molecule has 1 atom stereocenters. The Morgan fingerprint density at radius 3 is 3.21 bits per heavy atom. The van der Waals surface area contributed by atoms with Crippen molar-refractivity contribution in [1.29, 1.82) is 0 Å². The standard InChI is InChI=1S/C14H15N3OS/c18-14(13-8-19-9-17-13)16-7-12-11-4-2-1-3-10(11)5-6-15-12/h1-4,8-9,12,15H,5-7H2,(H,16,18). The monoisotopic (exact) mass is 273 g/mol. The molecular formula is C14H15N3OS. The van der Waals surface area contributed by atoms with Crippen LogP contribution in [0.25, 0.3) is 0 Å². The van der Waals surface area contributed by atoms with Crippen molar-refractivity contribution in [3.63, 3.8) is 0 Å². The summed E-state index contributed by atoms with van der Waals surface area (Å²) in [6, 6.07) is 8.58. The highest BCUT2D eigenvalue weighted by Gasteiger charge is 2.19. The molecule has 2 aromatic rings. The number of hydrogen-bond donors (Lipinski definition) is 2. The number of carbonyl (C=O) groups is 1. The predicted octanol–water partition coefficient (Wildman–Crippen LogP) is 1.76. The van der Waals surface area contributed by atoms with E-state index in [4.69, 9.17) is 0 Å². The molecule has 1 aromatic carbocycles. The summed E-state index contributed by atoms with van der Waals surface area (Å²) in [4.78, 5) is 15.9. The predicted molar refractivity (Wildman–Crippen MR) is 75.3 cm³/mol. The van der Waals surface area contributed by atoms with Crippen LogP contribution in [0.1, 0.15) is 27.7 Å². The van der Waals surface area contributed by atoms with Crippen molar-refractivity contribution < 1.29 is 4.79 Å². The molecule has 0 spiro atoms. The first-order valence-electron chi connectivity index (χ1n) is 6.32. The molecule has 0 bridgehead atoms. The van der Waals surface area contributed by atoms with Gasteiger partial charge in [0.2, 0.25) is 0 Å². The largest absolute Gasteiger partial charge is 0.349 e. The maximum atomic E-state index is 11.9. The van der Waals surface area contributed by atoms with Gasteiger partial charge in [0, 0.05) is 18.0 Å². The van der Waals surface area contributed by atoms with Gasteiger partial charge in [0.25, 0.3) is 5.91 Å². The van der Waals surface area contributed by atoms with Gasteiger partial charge in [-0.15, -0.1) is 11.3 Å². The van der Waals surface area contributed by atoms with E-state index in [0.717, 1.165) is 13.0 Å². The maximum Gasteiger partial charge on any atom is 0.270 e. The van der Waals surface area contributed by atoms with Gasteiger partial charge in [-0.1, -0.05) is 24.3 Å². The first kappa shape index (κ1) is 12.3. The molecule has 0 radical (unpaired) electrons. The van der Waals surface area contributed by atoms with Crippen LogP contribution in [-0.2, 0) is 6.42 Å². The molecule has 1 unspecified atom stereocenters. The van der Waals surface area contributed by atoms with E-state index in [1.165, 1.54) is 22.5 Å². The molecule has 19 heavy (non-hydrogen) atoms. The summed E-state index contributed by atoms with van der Waals surface area (Å²) in [7, 11) is 0. The van der Waals surface area contributed by atoms with Crippen molar-refractivity contribution >= 4 is 17.2 Å². The molecule has 98 valence electrons. The molecule has 1 amide bonds. The molecule has 5 heteroatoms. The molecule has 0 aliphatic carbocycles. The van der Waals surface area contributed by atoms with E-state index in [1.54, 1.807) is 10.9 Å². The first-order valence-corrected chi connectivity index (χ1v) is 7.26. The number of thiazole rings is 1. The third-order valence-electron chi connectivity index (χ3n) is 3.35. The molecule has 2 N–H and O–H groups in total. The summed E-state index contributed by atoms with van der Waals surface area (Å²) < 4.78 is 0. The Kier molecular flexibility index (Phi) is 3.57. The van der Waals surface area contributed by atoms with Crippen LogP contribution in [0.5, 0.6) is 0 Å². The highest BCUT2D eigenvalue weighted by Crippen LogP contribution is 2.21. The van der Waals surface area contributed by atoms with Crippen LogP contribution in [0.4, 0.5) is 0 Å². The minimum atomic E-state index is -0.105. The van der Waals surface area contributed by atoms with Gasteiger partial charge in [-0.05, 0) is 24.1 Å². The van der Waals surface area contributed by atoms with Crippen molar-refractivity contribution in [1.82, 2.24) is 15.6 Å². The third kappa shape index (κ3) is 2.67. The van der Waals surface area contributed by atoms with Crippen LogP contribution in [0.15, 0.2) is 35.2 Å². The average molecular weight is 273 g/mol. The van der Waals surface area contributed by atoms with E-state index < -0.39 is 0 Å². The lowest BCUT2D eigenvalue weighted by atomic mass is 9.94. The summed E-state index contributed by atoms with van der Waals surface area (Å²) >= 11 is 1.43. The minimum Gasteiger partial charge on any atom is -0.349 e. The lowest BCUT2D eigenvalue weighted by Gasteiger charge is -2.27. The Morgan fingerprint density at radius 2 is 2.37 bits per heavy atom. The van der Waals surface area contributed by atoms with Gasteiger partial charge in [0.1, 0.15) is 5.69 Å². The Bertz CT molecular complexity index is 568. The molecular weight excluding hydrogens is 258 g/mol. The zero-order valence-corrected chi connectivity index (χ0v) is 11.2. The van der Waals surface area contributed by atoms with E-state index in [0.29, 0.717) is 12.2 Å². The van der Waals surface area contributed by atoms with Crippen molar-refractivity contribution in [2.24, 2.45) is 0 Å². The smallest absolute Gasteiger partial charge is 0.270 e. The molecule has 4 nitrogen and oxygen atoms in total. The summed E-state index contributed by atoms with van der Waals surface area (Å²) in [5, 5.41) is 8.14. The van der Waals surface area contributed by atoms with E-state index in [-0.39, 0.29) is 11.9 Å². The second-order valence-corrected chi connectivity index (χ2v) is 5.26. The van der Waals surface area contributed by atoms with Gasteiger partial charge >= 0.3 is 0 Å². The number of hydrogen-bond acceptors (Lipinski definition) is 4. The maximum absolute atomic E-state index is 11.9. The molecule has 0 saturated carbocycles. The lowest BCUT2D eigenvalue weighted by molar-refractivity contribution is 0.0945. The molecule has 2 heterocycles.